The van der Waals surface area contributed by atoms with E-state index in [1.54, 1.807) is 10.8 Å². The fourth-order valence-electron chi connectivity index (χ4n) is 1.66. The van der Waals surface area contributed by atoms with E-state index in [0.29, 0.717) is 6.54 Å². The highest BCUT2D eigenvalue weighted by Gasteiger charge is 2.21. The molecule has 3 N–H and O–H groups in total. The van der Waals surface area contributed by atoms with Gasteiger partial charge in [-0.05, 0) is 6.42 Å². The van der Waals surface area contributed by atoms with Gasteiger partial charge in [0, 0.05) is 30.9 Å². The van der Waals surface area contributed by atoms with Crippen molar-refractivity contribution < 1.29 is 9.90 Å². The van der Waals surface area contributed by atoms with Gasteiger partial charge in [0.2, 0.25) is 5.82 Å². The Morgan fingerprint density at radius 3 is 3.23 bits per heavy atom. The smallest absolute Gasteiger partial charge is 0.372 e. The van der Waals surface area contributed by atoms with E-state index in [9.17, 15) is 4.79 Å². The Bertz CT molecular complexity index is 345. The van der Waals surface area contributed by atoms with Crippen LogP contribution in [0.2, 0.25) is 0 Å². The number of rotatable bonds is 1. The third-order valence-electron chi connectivity index (χ3n) is 2.32. The van der Waals surface area contributed by atoms with E-state index in [1.807, 2.05) is 0 Å². The largest absolute Gasteiger partial charge is 0.475 e. The van der Waals surface area contributed by atoms with E-state index in [2.05, 4.69) is 4.98 Å². The normalized spacial score (nSPS) is 21.2. The van der Waals surface area contributed by atoms with Crippen molar-refractivity contribution >= 4 is 5.97 Å². The molecule has 1 aliphatic rings. The second-order valence-corrected chi connectivity index (χ2v) is 3.28. The molecule has 0 amide bonds. The lowest BCUT2D eigenvalue weighted by Gasteiger charge is -2.20. The molecule has 0 fully saturated rings. The molecule has 0 saturated carbocycles. The van der Waals surface area contributed by atoms with Crippen molar-refractivity contribution in [3.05, 3.63) is 17.7 Å². The van der Waals surface area contributed by atoms with E-state index < -0.39 is 5.97 Å². The first-order chi connectivity index (χ1) is 6.18. The Labute approximate surface area is 75.2 Å². The molecule has 0 saturated heterocycles. The maximum Gasteiger partial charge on any atom is 0.372 e. The molecule has 1 aromatic heterocycles. The Morgan fingerprint density at radius 1 is 1.77 bits per heavy atom. The third kappa shape index (κ3) is 1.31. The molecule has 13 heavy (non-hydrogen) atoms. The van der Waals surface area contributed by atoms with Crippen LogP contribution in [0.15, 0.2) is 6.20 Å². The van der Waals surface area contributed by atoms with Gasteiger partial charge in [-0.2, -0.15) is 0 Å². The van der Waals surface area contributed by atoms with Crippen LogP contribution in [0.3, 0.4) is 0 Å². The summed E-state index contributed by atoms with van der Waals surface area (Å²) < 4.78 is 1.73. The molecule has 0 bridgehead atoms. The molecule has 2 heterocycles. The average Bonchev–Trinajstić information content (AvgIpc) is 2.46. The number of carboxylic acids is 1. The van der Waals surface area contributed by atoms with Crippen LogP contribution in [0.25, 0.3) is 0 Å². The van der Waals surface area contributed by atoms with Crippen LogP contribution < -0.4 is 5.73 Å². The van der Waals surface area contributed by atoms with Crippen molar-refractivity contribution in [3.63, 3.8) is 0 Å². The quantitative estimate of drug-likeness (QED) is 0.631. The minimum absolute atomic E-state index is 0.127. The molecule has 5 nitrogen and oxygen atoms in total. The number of nitrogens with zero attached hydrogens (tertiary/aromatic N) is 2. The van der Waals surface area contributed by atoms with Crippen LogP contribution in [0.4, 0.5) is 0 Å². The van der Waals surface area contributed by atoms with Crippen molar-refractivity contribution in [2.45, 2.75) is 25.4 Å². The number of nitrogens with two attached hydrogens (primary N) is 1. The molecule has 70 valence electrons. The first-order valence-corrected chi connectivity index (χ1v) is 4.22. The minimum Gasteiger partial charge on any atom is -0.475 e. The first kappa shape index (κ1) is 8.25. The van der Waals surface area contributed by atoms with E-state index >= 15 is 0 Å². The Hall–Kier alpha value is -1.36. The van der Waals surface area contributed by atoms with Gasteiger partial charge in [-0.1, -0.05) is 0 Å². The second-order valence-electron chi connectivity index (χ2n) is 3.28. The average molecular weight is 181 g/mol. The number of hydrogen-bond donors (Lipinski definition) is 2. The molecule has 1 atom stereocenters. The molecule has 1 aliphatic heterocycles. The standard InChI is InChI=1S/C8H11N3O2/c9-5-1-2-11-6(3-5)4-10-7(11)8(12)13/h4-5H,1-3,9H2,(H,12,13). The van der Waals surface area contributed by atoms with Crippen LogP contribution in [0.1, 0.15) is 22.7 Å². The molecular formula is C8H11N3O2. The number of aromatic nitrogens is 2. The highest BCUT2D eigenvalue weighted by molar-refractivity contribution is 5.83. The van der Waals surface area contributed by atoms with Gasteiger partial charge in [0.1, 0.15) is 0 Å². The third-order valence-corrected chi connectivity index (χ3v) is 2.32. The van der Waals surface area contributed by atoms with Crippen molar-refractivity contribution in [2.24, 2.45) is 5.73 Å². The lowest BCUT2D eigenvalue weighted by atomic mass is 10.1. The van der Waals surface area contributed by atoms with Crippen LogP contribution in [-0.2, 0) is 13.0 Å². The zero-order chi connectivity index (χ0) is 9.42. The molecule has 5 heteroatoms. The summed E-state index contributed by atoms with van der Waals surface area (Å²) in [6, 6.07) is 0.144. The van der Waals surface area contributed by atoms with Crippen LogP contribution >= 0.6 is 0 Å². The van der Waals surface area contributed by atoms with E-state index in [1.165, 1.54) is 0 Å². The monoisotopic (exact) mass is 181 g/mol. The lowest BCUT2D eigenvalue weighted by Crippen LogP contribution is -2.31. The van der Waals surface area contributed by atoms with E-state index in [4.69, 9.17) is 10.8 Å². The number of carbonyl (C=O) groups is 1. The molecule has 0 aromatic carbocycles. The molecule has 1 unspecified atom stereocenters. The predicted molar refractivity (Wildman–Crippen MR) is 45.5 cm³/mol. The Kier molecular flexibility index (Phi) is 1.81. The van der Waals surface area contributed by atoms with Gasteiger partial charge in [-0.15, -0.1) is 0 Å². The molecule has 0 aliphatic carbocycles. The fraction of sp³-hybridized carbons (Fsp3) is 0.500. The summed E-state index contributed by atoms with van der Waals surface area (Å²) in [5.41, 5.74) is 6.67. The van der Waals surface area contributed by atoms with Gasteiger partial charge in [0.25, 0.3) is 0 Å². The Balaban J connectivity index is 2.39. The maximum atomic E-state index is 10.7. The number of imidazole rings is 1. The van der Waals surface area contributed by atoms with Crippen LogP contribution in [-0.4, -0.2) is 26.7 Å². The number of hydrogen-bond acceptors (Lipinski definition) is 3. The van der Waals surface area contributed by atoms with Crippen molar-refractivity contribution in [2.75, 3.05) is 0 Å². The number of fused-ring (bicyclic) bond motifs is 1. The van der Waals surface area contributed by atoms with Gasteiger partial charge in [0.15, 0.2) is 0 Å². The summed E-state index contributed by atoms with van der Waals surface area (Å²) in [5, 5.41) is 8.78. The number of aromatic carboxylic acids is 1. The second kappa shape index (κ2) is 2.85. The molecule has 1 aromatic rings. The van der Waals surface area contributed by atoms with Crippen LogP contribution in [0.5, 0.6) is 0 Å². The summed E-state index contributed by atoms with van der Waals surface area (Å²) in [5.74, 6) is -0.844. The molecule has 0 spiro atoms. The summed E-state index contributed by atoms with van der Waals surface area (Å²) >= 11 is 0. The summed E-state index contributed by atoms with van der Waals surface area (Å²) in [6.07, 6.45) is 3.15. The molecule has 2 rings (SSSR count). The van der Waals surface area contributed by atoms with Gasteiger partial charge >= 0.3 is 5.97 Å². The summed E-state index contributed by atoms with van der Waals surface area (Å²) in [4.78, 5) is 14.5. The molecular weight excluding hydrogens is 170 g/mol. The van der Waals surface area contributed by atoms with E-state index in [-0.39, 0.29) is 11.9 Å². The minimum atomic E-state index is -0.971. The highest BCUT2D eigenvalue weighted by atomic mass is 16.4. The number of carboxylic acid groups (broad SMARTS) is 1. The van der Waals surface area contributed by atoms with Gasteiger partial charge in [-0.3, -0.25) is 0 Å². The maximum absolute atomic E-state index is 10.7. The van der Waals surface area contributed by atoms with Gasteiger partial charge in [0.05, 0.1) is 0 Å². The van der Waals surface area contributed by atoms with Crippen molar-refractivity contribution in [3.8, 4) is 0 Å². The van der Waals surface area contributed by atoms with Crippen LogP contribution in [0, 0.1) is 0 Å². The Morgan fingerprint density at radius 2 is 2.54 bits per heavy atom. The zero-order valence-corrected chi connectivity index (χ0v) is 7.10. The lowest BCUT2D eigenvalue weighted by molar-refractivity contribution is 0.0676. The first-order valence-electron chi connectivity index (χ1n) is 4.22. The fourth-order valence-corrected chi connectivity index (χ4v) is 1.66. The van der Waals surface area contributed by atoms with Gasteiger partial charge < -0.3 is 15.4 Å². The summed E-state index contributed by atoms with van der Waals surface area (Å²) in [6.45, 7) is 0.665. The SMILES string of the molecule is NC1CCn2c(cnc2C(=O)O)C1. The summed E-state index contributed by atoms with van der Waals surface area (Å²) in [7, 11) is 0. The van der Waals surface area contributed by atoms with Gasteiger partial charge in [-0.25, -0.2) is 9.78 Å². The van der Waals surface area contributed by atoms with Crippen molar-refractivity contribution in [1.82, 2.24) is 9.55 Å². The molecule has 0 radical (unpaired) electrons. The van der Waals surface area contributed by atoms with Crippen molar-refractivity contribution in [1.29, 1.82) is 0 Å². The highest BCUT2D eigenvalue weighted by Crippen LogP contribution is 2.15. The zero-order valence-electron chi connectivity index (χ0n) is 7.10. The topological polar surface area (TPSA) is 81.1 Å². The van der Waals surface area contributed by atoms with E-state index in [0.717, 1.165) is 18.5 Å². The predicted octanol–water partition coefficient (Wildman–Crippen LogP) is -0.145.